The Labute approximate surface area is 153 Å². The average Bonchev–Trinajstić information content (AvgIpc) is 3.19. The molecule has 1 saturated heterocycles. The van der Waals surface area contributed by atoms with Crippen molar-refractivity contribution >= 4 is 11.6 Å². The number of hydrogen-bond acceptors (Lipinski definition) is 5. The van der Waals surface area contributed by atoms with Gasteiger partial charge in [0, 0.05) is 6.61 Å². The molecule has 1 atom stereocenters. The van der Waals surface area contributed by atoms with Crippen molar-refractivity contribution in [3.8, 4) is 17.2 Å². The summed E-state index contributed by atoms with van der Waals surface area (Å²) < 4.78 is 22.1. The van der Waals surface area contributed by atoms with Crippen molar-refractivity contribution < 1.29 is 23.7 Å². The van der Waals surface area contributed by atoms with Crippen LogP contribution in [0.15, 0.2) is 48.5 Å². The first-order valence-electron chi connectivity index (χ1n) is 8.65. The van der Waals surface area contributed by atoms with Crippen molar-refractivity contribution in [2.24, 2.45) is 0 Å². The quantitative estimate of drug-likeness (QED) is 0.785. The SMILES string of the molecule is COc1ccccc1OCC(=O)Nc1ccccc1OC[C@@H]1CCCO1. The number of nitrogens with one attached hydrogen (secondary N) is 1. The second-order valence-electron chi connectivity index (χ2n) is 5.93. The molecule has 1 N–H and O–H groups in total. The van der Waals surface area contributed by atoms with E-state index in [1.165, 1.54) is 0 Å². The van der Waals surface area contributed by atoms with E-state index in [4.69, 9.17) is 18.9 Å². The summed E-state index contributed by atoms with van der Waals surface area (Å²) in [6.07, 6.45) is 2.18. The van der Waals surface area contributed by atoms with Crippen LogP contribution < -0.4 is 19.5 Å². The Balaban J connectivity index is 1.55. The second-order valence-corrected chi connectivity index (χ2v) is 5.93. The number of para-hydroxylation sites is 4. The molecule has 2 aromatic rings. The lowest BCUT2D eigenvalue weighted by molar-refractivity contribution is -0.118. The molecule has 138 valence electrons. The van der Waals surface area contributed by atoms with Crippen LogP contribution >= 0.6 is 0 Å². The number of amides is 1. The lowest BCUT2D eigenvalue weighted by Crippen LogP contribution is -2.21. The van der Waals surface area contributed by atoms with E-state index in [0.29, 0.717) is 29.5 Å². The molecule has 0 unspecified atom stereocenters. The summed E-state index contributed by atoms with van der Waals surface area (Å²) in [7, 11) is 1.56. The minimum Gasteiger partial charge on any atom is -0.493 e. The fraction of sp³-hybridized carbons (Fsp3) is 0.350. The molecular weight excluding hydrogens is 334 g/mol. The highest BCUT2D eigenvalue weighted by molar-refractivity contribution is 5.93. The smallest absolute Gasteiger partial charge is 0.262 e. The third-order valence-corrected chi connectivity index (χ3v) is 4.04. The fourth-order valence-corrected chi connectivity index (χ4v) is 2.72. The van der Waals surface area contributed by atoms with Crippen molar-refractivity contribution in [3.63, 3.8) is 0 Å². The van der Waals surface area contributed by atoms with Crippen LogP contribution in [-0.2, 0) is 9.53 Å². The van der Waals surface area contributed by atoms with Crippen LogP contribution in [0.1, 0.15) is 12.8 Å². The van der Waals surface area contributed by atoms with Crippen LogP contribution in [0, 0.1) is 0 Å². The second kappa shape index (κ2) is 9.10. The van der Waals surface area contributed by atoms with Crippen LogP contribution in [0.5, 0.6) is 17.2 Å². The van der Waals surface area contributed by atoms with Crippen molar-refractivity contribution in [1.82, 2.24) is 0 Å². The Morgan fingerprint density at radius 1 is 1.08 bits per heavy atom. The molecule has 6 heteroatoms. The number of anilines is 1. The molecule has 0 saturated carbocycles. The number of carbonyl (C=O) groups excluding carboxylic acids is 1. The van der Waals surface area contributed by atoms with Gasteiger partial charge in [0.15, 0.2) is 18.1 Å². The monoisotopic (exact) mass is 357 g/mol. The largest absolute Gasteiger partial charge is 0.493 e. The lowest BCUT2D eigenvalue weighted by atomic mass is 10.2. The van der Waals surface area contributed by atoms with Gasteiger partial charge in [0.2, 0.25) is 0 Å². The van der Waals surface area contributed by atoms with Crippen LogP contribution in [0.2, 0.25) is 0 Å². The molecule has 26 heavy (non-hydrogen) atoms. The molecule has 1 fully saturated rings. The van der Waals surface area contributed by atoms with Gasteiger partial charge >= 0.3 is 0 Å². The lowest BCUT2D eigenvalue weighted by Gasteiger charge is -2.15. The molecule has 0 aromatic heterocycles. The highest BCUT2D eigenvalue weighted by atomic mass is 16.5. The molecule has 1 heterocycles. The number of ether oxygens (including phenoxy) is 4. The third kappa shape index (κ3) is 4.89. The number of benzene rings is 2. The molecule has 1 aliphatic rings. The highest BCUT2D eigenvalue weighted by Gasteiger charge is 2.17. The van der Waals surface area contributed by atoms with Crippen LogP contribution in [0.3, 0.4) is 0 Å². The van der Waals surface area contributed by atoms with E-state index >= 15 is 0 Å². The molecule has 0 bridgehead atoms. The van der Waals surface area contributed by atoms with Crippen LogP contribution in [-0.4, -0.2) is 38.9 Å². The van der Waals surface area contributed by atoms with Crippen LogP contribution in [0.25, 0.3) is 0 Å². The van der Waals surface area contributed by atoms with Gasteiger partial charge in [0.05, 0.1) is 18.9 Å². The van der Waals surface area contributed by atoms with Gasteiger partial charge in [-0.2, -0.15) is 0 Å². The van der Waals surface area contributed by atoms with Gasteiger partial charge in [-0.1, -0.05) is 24.3 Å². The fourth-order valence-electron chi connectivity index (χ4n) is 2.72. The van der Waals surface area contributed by atoms with Crippen molar-refractivity contribution in [3.05, 3.63) is 48.5 Å². The summed E-state index contributed by atoms with van der Waals surface area (Å²) >= 11 is 0. The zero-order valence-corrected chi connectivity index (χ0v) is 14.8. The average molecular weight is 357 g/mol. The number of methoxy groups -OCH3 is 1. The molecule has 0 aliphatic carbocycles. The topological polar surface area (TPSA) is 66.0 Å². The summed E-state index contributed by atoms with van der Waals surface area (Å²) in [4.78, 5) is 12.2. The third-order valence-electron chi connectivity index (χ3n) is 4.04. The van der Waals surface area contributed by atoms with E-state index in [1.807, 2.05) is 30.3 Å². The minimum atomic E-state index is -0.274. The van der Waals surface area contributed by atoms with Gasteiger partial charge in [0.25, 0.3) is 5.91 Å². The molecule has 1 aliphatic heterocycles. The number of carbonyl (C=O) groups is 1. The summed E-state index contributed by atoms with van der Waals surface area (Å²) in [6, 6.07) is 14.5. The number of hydrogen-bond donors (Lipinski definition) is 1. The van der Waals surface area contributed by atoms with Crippen molar-refractivity contribution in [2.75, 3.05) is 32.2 Å². The predicted octanol–water partition coefficient (Wildman–Crippen LogP) is 3.27. The Morgan fingerprint density at radius 3 is 2.54 bits per heavy atom. The van der Waals surface area contributed by atoms with Crippen molar-refractivity contribution in [1.29, 1.82) is 0 Å². The van der Waals surface area contributed by atoms with Crippen LogP contribution in [0.4, 0.5) is 5.69 Å². The molecule has 2 aromatic carbocycles. The van der Waals surface area contributed by atoms with Gasteiger partial charge in [0.1, 0.15) is 12.4 Å². The van der Waals surface area contributed by atoms with Gasteiger partial charge in [-0.25, -0.2) is 0 Å². The molecule has 0 radical (unpaired) electrons. The molecule has 6 nitrogen and oxygen atoms in total. The summed E-state index contributed by atoms with van der Waals surface area (Å²) in [5.74, 6) is 1.45. The molecule has 3 rings (SSSR count). The van der Waals surface area contributed by atoms with E-state index in [0.717, 1.165) is 19.4 Å². The van der Waals surface area contributed by atoms with E-state index in [9.17, 15) is 4.79 Å². The summed E-state index contributed by atoms with van der Waals surface area (Å²) in [6.45, 7) is 1.14. The first kappa shape index (κ1) is 18.1. The first-order chi connectivity index (χ1) is 12.8. The Bertz CT molecular complexity index is 728. The van der Waals surface area contributed by atoms with Gasteiger partial charge in [-0.15, -0.1) is 0 Å². The molecular formula is C20H23NO5. The summed E-state index contributed by atoms with van der Waals surface area (Å²) in [5, 5.41) is 2.82. The van der Waals surface area contributed by atoms with Gasteiger partial charge in [-0.05, 0) is 37.1 Å². The standard InChI is InChI=1S/C20H23NO5/c1-23-18-10-4-5-11-19(18)26-14-20(22)21-16-8-2-3-9-17(16)25-13-15-7-6-12-24-15/h2-5,8-11,15H,6-7,12-14H2,1H3,(H,21,22)/t15-/m0/s1. The summed E-state index contributed by atoms with van der Waals surface area (Å²) in [5.41, 5.74) is 0.610. The van der Waals surface area contributed by atoms with Gasteiger partial charge in [-0.3, -0.25) is 4.79 Å². The number of rotatable bonds is 8. The Hall–Kier alpha value is -2.73. The predicted molar refractivity (Wildman–Crippen MR) is 98.0 cm³/mol. The Kier molecular flexibility index (Phi) is 6.33. The first-order valence-corrected chi connectivity index (χ1v) is 8.65. The zero-order valence-electron chi connectivity index (χ0n) is 14.8. The Morgan fingerprint density at radius 2 is 1.81 bits per heavy atom. The van der Waals surface area contributed by atoms with E-state index in [1.54, 1.807) is 25.3 Å². The maximum absolute atomic E-state index is 12.2. The molecule has 0 spiro atoms. The maximum Gasteiger partial charge on any atom is 0.262 e. The molecule has 1 amide bonds. The minimum absolute atomic E-state index is 0.118. The van der Waals surface area contributed by atoms with E-state index in [2.05, 4.69) is 5.32 Å². The maximum atomic E-state index is 12.2. The van der Waals surface area contributed by atoms with Gasteiger partial charge < -0.3 is 24.3 Å². The highest BCUT2D eigenvalue weighted by Crippen LogP contribution is 2.27. The normalized spacial score (nSPS) is 16.1. The van der Waals surface area contributed by atoms with E-state index in [-0.39, 0.29) is 18.6 Å². The van der Waals surface area contributed by atoms with Crippen molar-refractivity contribution in [2.45, 2.75) is 18.9 Å². The van der Waals surface area contributed by atoms with E-state index < -0.39 is 0 Å². The zero-order chi connectivity index (χ0) is 18.2.